The summed E-state index contributed by atoms with van der Waals surface area (Å²) in [7, 11) is 1.91. The van der Waals surface area contributed by atoms with Crippen LogP contribution in [0.3, 0.4) is 0 Å². The van der Waals surface area contributed by atoms with Crippen molar-refractivity contribution in [2.45, 2.75) is 90.3 Å². The molecule has 174 valence electrons. The molecule has 0 aliphatic heterocycles. The van der Waals surface area contributed by atoms with Gasteiger partial charge in [-0.1, -0.05) is 25.7 Å². The predicted molar refractivity (Wildman–Crippen MR) is 129 cm³/mol. The predicted octanol–water partition coefficient (Wildman–Crippen LogP) is 6.09. The number of hydrogen-bond acceptors (Lipinski definition) is 4. The summed E-state index contributed by atoms with van der Waals surface area (Å²) in [4.78, 5) is 13.2. The Morgan fingerprint density at radius 3 is 2.56 bits per heavy atom. The highest BCUT2D eigenvalue weighted by Gasteiger charge is 2.61. The van der Waals surface area contributed by atoms with Crippen LogP contribution in [0.15, 0.2) is 12.1 Å². The van der Waals surface area contributed by atoms with Crippen molar-refractivity contribution in [2.75, 3.05) is 7.11 Å². The molecule has 0 radical (unpaired) electrons. The normalized spacial score (nSPS) is 45.2. The molecule has 4 fully saturated rings. The number of Topliss-reactive ketones (excluding diaryl/α,β-unsaturated/α-hetero) is 1. The molecule has 4 heteroatoms. The summed E-state index contributed by atoms with van der Waals surface area (Å²) >= 11 is 1.43. The Morgan fingerprint density at radius 2 is 1.84 bits per heavy atom. The van der Waals surface area contributed by atoms with E-state index in [0.717, 1.165) is 46.8 Å². The Morgan fingerprint density at radius 1 is 1.06 bits per heavy atom. The molecule has 0 aromatic carbocycles. The van der Waals surface area contributed by atoms with Gasteiger partial charge in [0, 0.05) is 7.11 Å². The van der Waals surface area contributed by atoms with Crippen molar-refractivity contribution in [3.63, 3.8) is 0 Å². The Bertz CT molecular complexity index is 955. The van der Waals surface area contributed by atoms with E-state index in [0.29, 0.717) is 22.9 Å². The highest BCUT2D eigenvalue weighted by atomic mass is 32.1. The Balaban J connectivity index is 1.33. The van der Waals surface area contributed by atoms with E-state index in [1.54, 1.807) is 6.92 Å². The lowest BCUT2D eigenvalue weighted by molar-refractivity contribution is -0.146. The molecule has 1 aromatic rings. The van der Waals surface area contributed by atoms with E-state index in [-0.39, 0.29) is 5.78 Å². The fourth-order valence-corrected chi connectivity index (χ4v) is 9.23. The third-order valence-electron chi connectivity index (χ3n) is 10.3. The lowest BCUT2D eigenvalue weighted by atomic mass is 9.44. The molecular weight excluding hydrogens is 416 g/mol. The molecule has 3 nitrogen and oxygen atoms in total. The van der Waals surface area contributed by atoms with Crippen molar-refractivity contribution in [3.8, 4) is 11.8 Å². The average Bonchev–Trinajstić information content (AvgIpc) is 3.37. The van der Waals surface area contributed by atoms with Crippen LogP contribution in [0.25, 0.3) is 0 Å². The number of methoxy groups -OCH3 is 1. The summed E-state index contributed by atoms with van der Waals surface area (Å²) in [5, 5.41) is 11.4. The number of ether oxygens (including phenoxy) is 1. The van der Waals surface area contributed by atoms with Gasteiger partial charge in [-0.15, -0.1) is 11.3 Å². The van der Waals surface area contributed by atoms with Crippen LogP contribution < -0.4 is 0 Å². The van der Waals surface area contributed by atoms with E-state index in [9.17, 15) is 9.90 Å². The second-order valence-electron chi connectivity index (χ2n) is 11.7. The summed E-state index contributed by atoms with van der Waals surface area (Å²) in [5.74, 6) is 9.47. The van der Waals surface area contributed by atoms with Crippen LogP contribution in [0.5, 0.6) is 0 Å². The largest absolute Gasteiger partial charge is 0.381 e. The van der Waals surface area contributed by atoms with E-state index in [1.165, 1.54) is 49.9 Å². The van der Waals surface area contributed by atoms with Crippen molar-refractivity contribution >= 4 is 17.1 Å². The highest BCUT2D eigenvalue weighted by Crippen LogP contribution is 2.67. The summed E-state index contributed by atoms with van der Waals surface area (Å²) in [6.07, 6.45) is 10.8. The van der Waals surface area contributed by atoms with E-state index >= 15 is 0 Å². The number of aliphatic hydroxyl groups is 1. The van der Waals surface area contributed by atoms with Crippen molar-refractivity contribution in [1.82, 2.24) is 0 Å². The number of carbonyl (C=O) groups is 1. The average molecular weight is 455 g/mol. The minimum Gasteiger partial charge on any atom is -0.381 e. The Kier molecular flexibility index (Phi) is 5.63. The third kappa shape index (κ3) is 3.51. The lowest BCUT2D eigenvalue weighted by Gasteiger charge is -2.61. The molecule has 8 atom stereocenters. The molecule has 1 aromatic heterocycles. The van der Waals surface area contributed by atoms with Crippen LogP contribution in [-0.2, 0) is 4.74 Å². The van der Waals surface area contributed by atoms with Crippen LogP contribution in [0, 0.1) is 46.3 Å². The molecule has 4 aliphatic rings. The quantitative estimate of drug-likeness (QED) is 0.434. The molecule has 5 rings (SSSR count). The standard InChI is InChI=1S/C28H38O3S/c1-18(29)24-9-6-20(32-24)11-14-28(30)16-15-26(2)19(17-28)5-7-21-22-8-10-25(31-4)27(22,3)13-12-23(21)26/h6,9,19,21-23,25,30H,5,7-8,10,12-13,15-17H2,1-4H3/t19-,21+,22+,23+,25+,26+,27+,28-/m1/s1. The molecule has 32 heavy (non-hydrogen) atoms. The summed E-state index contributed by atoms with van der Waals surface area (Å²) in [6, 6.07) is 3.75. The molecular formula is C28H38O3S. The van der Waals surface area contributed by atoms with E-state index in [4.69, 9.17) is 4.74 Å². The van der Waals surface area contributed by atoms with Gasteiger partial charge in [-0.05, 0) is 111 Å². The first-order valence-corrected chi connectivity index (χ1v) is 13.4. The molecule has 1 heterocycles. The summed E-state index contributed by atoms with van der Waals surface area (Å²) in [5.41, 5.74) is -0.206. The Labute approximate surface area is 197 Å². The van der Waals surface area contributed by atoms with Gasteiger partial charge in [-0.2, -0.15) is 0 Å². The fraction of sp³-hybridized carbons (Fsp3) is 0.750. The van der Waals surface area contributed by atoms with Gasteiger partial charge in [-0.3, -0.25) is 4.79 Å². The van der Waals surface area contributed by atoms with Gasteiger partial charge >= 0.3 is 0 Å². The van der Waals surface area contributed by atoms with Gasteiger partial charge in [-0.25, -0.2) is 0 Å². The number of fused-ring (bicyclic) bond motifs is 5. The SMILES string of the molecule is CO[C@H]1CC[C@H]2[C@@H]3CC[C@@H]4C[C@@](O)(C#Cc5ccc(C(C)=O)s5)CC[C@]4(C)[C@H]3CC[C@]12C. The van der Waals surface area contributed by atoms with Crippen LogP contribution in [0.4, 0.5) is 0 Å². The maximum Gasteiger partial charge on any atom is 0.169 e. The van der Waals surface area contributed by atoms with Crippen molar-refractivity contribution in [1.29, 1.82) is 0 Å². The zero-order valence-electron chi connectivity index (χ0n) is 20.1. The second kappa shape index (κ2) is 7.97. The maximum atomic E-state index is 11.6. The first kappa shape index (κ1) is 22.6. The van der Waals surface area contributed by atoms with Gasteiger partial charge in [0.15, 0.2) is 5.78 Å². The van der Waals surface area contributed by atoms with Crippen LogP contribution in [0.2, 0.25) is 0 Å². The maximum absolute atomic E-state index is 11.6. The Hall–Kier alpha value is -1.15. The number of carbonyl (C=O) groups excluding carboxylic acids is 1. The van der Waals surface area contributed by atoms with Gasteiger partial charge in [0.1, 0.15) is 5.60 Å². The molecule has 4 saturated carbocycles. The third-order valence-corrected chi connectivity index (χ3v) is 11.4. The van der Waals surface area contributed by atoms with Crippen LogP contribution >= 0.6 is 11.3 Å². The molecule has 1 N–H and O–H groups in total. The van der Waals surface area contributed by atoms with Crippen molar-refractivity contribution in [2.24, 2.45) is 34.5 Å². The second-order valence-corrected chi connectivity index (χ2v) is 12.8. The number of hydrogen-bond donors (Lipinski definition) is 1. The molecule has 0 unspecified atom stereocenters. The molecule has 4 aliphatic carbocycles. The monoisotopic (exact) mass is 454 g/mol. The summed E-state index contributed by atoms with van der Waals surface area (Å²) in [6.45, 7) is 6.62. The highest BCUT2D eigenvalue weighted by molar-refractivity contribution is 7.14. The number of rotatable bonds is 2. The first-order valence-electron chi connectivity index (χ1n) is 12.6. The fourth-order valence-electron chi connectivity index (χ4n) is 8.47. The minimum atomic E-state index is -0.894. The molecule has 0 saturated heterocycles. The van der Waals surface area contributed by atoms with Crippen molar-refractivity contribution in [3.05, 3.63) is 21.9 Å². The molecule has 0 spiro atoms. The molecule has 0 amide bonds. The van der Waals surface area contributed by atoms with Gasteiger partial charge < -0.3 is 9.84 Å². The lowest BCUT2D eigenvalue weighted by Crippen LogP contribution is -2.56. The van der Waals surface area contributed by atoms with Crippen LogP contribution in [-0.4, -0.2) is 29.7 Å². The number of ketones is 1. The zero-order chi connectivity index (χ0) is 22.7. The zero-order valence-corrected chi connectivity index (χ0v) is 20.9. The summed E-state index contributed by atoms with van der Waals surface area (Å²) < 4.78 is 5.93. The minimum absolute atomic E-state index is 0.0783. The van der Waals surface area contributed by atoms with Crippen molar-refractivity contribution < 1.29 is 14.6 Å². The van der Waals surface area contributed by atoms with E-state index in [2.05, 4.69) is 25.7 Å². The van der Waals surface area contributed by atoms with Gasteiger partial charge in [0.2, 0.25) is 0 Å². The number of thiophene rings is 1. The van der Waals surface area contributed by atoms with E-state index < -0.39 is 5.60 Å². The van der Waals surface area contributed by atoms with Crippen LogP contribution in [0.1, 0.15) is 93.1 Å². The van der Waals surface area contributed by atoms with Gasteiger partial charge in [0.05, 0.1) is 15.9 Å². The smallest absolute Gasteiger partial charge is 0.169 e. The topological polar surface area (TPSA) is 46.5 Å². The first-order chi connectivity index (χ1) is 15.2. The van der Waals surface area contributed by atoms with Gasteiger partial charge in [0.25, 0.3) is 0 Å². The molecule has 0 bridgehead atoms. The van der Waals surface area contributed by atoms with E-state index in [1.807, 2.05) is 19.2 Å².